The number of nitrogens with one attached hydrogen (secondary N) is 2. The number of aliphatic hydroxyl groups is 1. The molecule has 0 aliphatic heterocycles. The molecule has 4 N–H and O–H groups in total. The maximum atomic E-state index is 11.1. The first-order valence-electron chi connectivity index (χ1n) is 4.99. The molecule has 1 atom stereocenters. The number of aliphatic carboxylic acids is 1. The zero-order valence-corrected chi connectivity index (χ0v) is 9.49. The van der Waals surface area contributed by atoms with Crippen molar-refractivity contribution in [3.05, 3.63) is 11.6 Å². The van der Waals surface area contributed by atoms with E-state index < -0.39 is 12.1 Å². The number of urea groups is 1. The van der Waals surface area contributed by atoms with Crippen molar-refractivity contribution in [2.45, 2.75) is 26.4 Å². The van der Waals surface area contributed by atoms with E-state index in [1.54, 1.807) is 0 Å². The van der Waals surface area contributed by atoms with Gasteiger partial charge in [0, 0.05) is 19.5 Å². The van der Waals surface area contributed by atoms with E-state index in [0.717, 1.165) is 5.57 Å². The van der Waals surface area contributed by atoms with E-state index in [-0.39, 0.29) is 19.0 Å². The summed E-state index contributed by atoms with van der Waals surface area (Å²) in [4.78, 5) is 21.3. The molecule has 6 nitrogen and oxygen atoms in total. The van der Waals surface area contributed by atoms with Gasteiger partial charge in [-0.3, -0.25) is 0 Å². The standard InChI is InChI=1S/C10H18N2O4/c1-7(2)3-5-11-10(16)12-6-4-8(13)9(14)15/h3,8,13H,4-6H2,1-2H3,(H,14,15)(H2,11,12,16)/t8-/m0/s1. The molecule has 0 spiro atoms. The second-order valence-electron chi connectivity index (χ2n) is 3.56. The number of hydrogen-bond acceptors (Lipinski definition) is 3. The first kappa shape index (κ1) is 14.4. The summed E-state index contributed by atoms with van der Waals surface area (Å²) in [6.45, 7) is 4.38. The van der Waals surface area contributed by atoms with Crippen molar-refractivity contribution >= 4 is 12.0 Å². The first-order chi connectivity index (χ1) is 7.43. The molecule has 0 saturated heterocycles. The number of rotatable bonds is 6. The fourth-order valence-corrected chi connectivity index (χ4v) is 0.856. The smallest absolute Gasteiger partial charge is 0.332 e. The van der Waals surface area contributed by atoms with E-state index in [1.807, 2.05) is 19.9 Å². The van der Waals surface area contributed by atoms with Gasteiger partial charge in [-0.05, 0) is 13.8 Å². The Balaban J connectivity index is 3.59. The molecule has 0 saturated carbocycles. The van der Waals surface area contributed by atoms with Gasteiger partial charge in [-0.25, -0.2) is 9.59 Å². The number of carbonyl (C=O) groups excluding carboxylic acids is 1. The fraction of sp³-hybridized carbons (Fsp3) is 0.600. The van der Waals surface area contributed by atoms with E-state index in [2.05, 4.69) is 10.6 Å². The zero-order chi connectivity index (χ0) is 12.6. The number of aliphatic hydroxyl groups excluding tert-OH is 1. The van der Waals surface area contributed by atoms with Crippen LogP contribution in [0.4, 0.5) is 4.79 Å². The van der Waals surface area contributed by atoms with Gasteiger partial charge >= 0.3 is 12.0 Å². The van der Waals surface area contributed by atoms with Crippen LogP contribution in [0.1, 0.15) is 20.3 Å². The highest BCUT2D eigenvalue weighted by Crippen LogP contribution is 1.89. The van der Waals surface area contributed by atoms with Crippen molar-refractivity contribution in [1.82, 2.24) is 10.6 Å². The van der Waals surface area contributed by atoms with Crippen molar-refractivity contribution < 1.29 is 19.8 Å². The molecule has 16 heavy (non-hydrogen) atoms. The largest absolute Gasteiger partial charge is 0.479 e. The Hall–Kier alpha value is -1.56. The molecule has 0 aromatic heterocycles. The van der Waals surface area contributed by atoms with E-state index in [0.29, 0.717) is 6.54 Å². The summed E-state index contributed by atoms with van der Waals surface area (Å²) in [6.07, 6.45) is 0.412. The van der Waals surface area contributed by atoms with Crippen molar-refractivity contribution in [3.63, 3.8) is 0 Å². The third-order valence-corrected chi connectivity index (χ3v) is 1.76. The molecule has 0 aliphatic rings. The van der Waals surface area contributed by atoms with Crippen LogP contribution in [0.25, 0.3) is 0 Å². The Morgan fingerprint density at radius 3 is 2.44 bits per heavy atom. The summed E-state index contributed by atoms with van der Waals surface area (Å²) in [6, 6.07) is -0.380. The second-order valence-corrected chi connectivity index (χ2v) is 3.56. The summed E-state index contributed by atoms with van der Waals surface area (Å²) in [5.74, 6) is -1.29. The van der Waals surface area contributed by atoms with Gasteiger partial charge in [-0.2, -0.15) is 0 Å². The molecule has 2 amide bonds. The Morgan fingerprint density at radius 1 is 1.31 bits per heavy atom. The molecule has 0 fully saturated rings. The van der Waals surface area contributed by atoms with Gasteiger partial charge in [0.25, 0.3) is 0 Å². The summed E-state index contributed by atoms with van der Waals surface area (Å²) in [5.41, 5.74) is 1.10. The van der Waals surface area contributed by atoms with Gasteiger partial charge in [0.1, 0.15) is 0 Å². The Kier molecular flexibility index (Phi) is 6.95. The van der Waals surface area contributed by atoms with Gasteiger partial charge < -0.3 is 20.8 Å². The van der Waals surface area contributed by atoms with Gasteiger partial charge in [-0.1, -0.05) is 11.6 Å². The molecular formula is C10H18N2O4. The Morgan fingerprint density at radius 2 is 1.94 bits per heavy atom. The number of carboxylic acid groups (broad SMARTS) is 1. The van der Waals surface area contributed by atoms with Crippen LogP contribution in [0.5, 0.6) is 0 Å². The van der Waals surface area contributed by atoms with Crippen LogP contribution in [0.3, 0.4) is 0 Å². The van der Waals surface area contributed by atoms with Crippen molar-refractivity contribution in [3.8, 4) is 0 Å². The van der Waals surface area contributed by atoms with Crippen LogP contribution in [-0.2, 0) is 4.79 Å². The zero-order valence-electron chi connectivity index (χ0n) is 9.49. The lowest BCUT2D eigenvalue weighted by Gasteiger charge is -2.07. The normalized spacial score (nSPS) is 11.4. The lowest BCUT2D eigenvalue weighted by atomic mass is 10.2. The molecule has 92 valence electrons. The van der Waals surface area contributed by atoms with Crippen LogP contribution >= 0.6 is 0 Å². The third kappa shape index (κ3) is 7.81. The first-order valence-corrected chi connectivity index (χ1v) is 4.99. The van der Waals surface area contributed by atoms with Crippen LogP contribution < -0.4 is 10.6 Å². The molecule has 0 unspecified atom stereocenters. The predicted octanol–water partition coefficient (Wildman–Crippen LogP) is 0.0874. The minimum absolute atomic E-state index is 0.00853. The number of amides is 2. The van der Waals surface area contributed by atoms with E-state index in [1.165, 1.54) is 0 Å². The van der Waals surface area contributed by atoms with Crippen molar-refractivity contribution in [2.24, 2.45) is 0 Å². The minimum Gasteiger partial charge on any atom is -0.479 e. The Labute approximate surface area is 94.3 Å². The average molecular weight is 230 g/mol. The van der Waals surface area contributed by atoms with E-state index in [4.69, 9.17) is 10.2 Å². The monoisotopic (exact) mass is 230 g/mol. The fourth-order valence-electron chi connectivity index (χ4n) is 0.856. The summed E-state index contributed by atoms with van der Waals surface area (Å²) in [7, 11) is 0. The van der Waals surface area contributed by atoms with Gasteiger partial charge in [0.2, 0.25) is 0 Å². The summed E-state index contributed by atoms with van der Waals surface area (Å²) < 4.78 is 0. The lowest BCUT2D eigenvalue weighted by Crippen LogP contribution is -2.37. The lowest BCUT2D eigenvalue weighted by molar-refractivity contribution is -0.146. The molecule has 6 heteroatoms. The molecule has 0 heterocycles. The highest BCUT2D eigenvalue weighted by atomic mass is 16.4. The summed E-state index contributed by atoms with van der Waals surface area (Å²) >= 11 is 0. The highest BCUT2D eigenvalue weighted by molar-refractivity contribution is 5.74. The predicted molar refractivity (Wildman–Crippen MR) is 59.1 cm³/mol. The quantitative estimate of drug-likeness (QED) is 0.486. The molecule has 0 rings (SSSR count). The maximum Gasteiger partial charge on any atom is 0.332 e. The topological polar surface area (TPSA) is 98.7 Å². The summed E-state index contributed by atoms with van der Waals surface area (Å²) in [5, 5.41) is 22.3. The third-order valence-electron chi connectivity index (χ3n) is 1.76. The van der Waals surface area contributed by atoms with Crippen LogP contribution in [-0.4, -0.2) is 41.4 Å². The van der Waals surface area contributed by atoms with E-state index in [9.17, 15) is 9.59 Å². The molecule has 0 aromatic rings. The van der Waals surface area contributed by atoms with Gasteiger partial charge in [-0.15, -0.1) is 0 Å². The SMILES string of the molecule is CC(C)=CCNC(=O)NCC[C@H](O)C(=O)O. The highest BCUT2D eigenvalue weighted by Gasteiger charge is 2.12. The van der Waals surface area contributed by atoms with Crippen molar-refractivity contribution in [1.29, 1.82) is 0 Å². The van der Waals surface area contributed by atoms with Crippen LogP contribution in [0.15, 0.2) is 11.6 Å². The molecule has 0 aliphatic carbocycles. The van der Waals surface area contributed by atoms with E-state index >= 15 is 0 Å². The average Bonchev–Trinajstić information content (AvgIpc) is 2.16. The van der Waals surface area contributed by atoms with Crippen LogP contribution in [0, 0.1) is 0 Å². The molecule has 0 bridgehead atoms. The minimum atomic E-state index is -1.43. The number of carbonyl (C=O) groups is 2. The van der Waals surface area contributed by atoms with Gasteiger partial charge in [0.05, 0.1) is 0 Å². The number of hydrogen-bond donors (Lipinski definition) is 4. The second kappa shape index (κ2) is 7.70. The molecule has 0 aromatic carbocycles. The van der Waals surface area contributed by atoms with Crippen LogP contribution in [0.2, 0.25) is 0 Å². The molecule has 0 radical (unpaired) electrons. The van der Waals surface area contributed by atoms with Gasteiger partial charge in [0.15, 0.2) is 6.10 Å². The molecular weight excluding hydrogens is 212 g/mol. The Bertz CT molecular complexity index is 272. The number of allylic oxidation sites excluding steroid dienone is 1. The maximum absolute atomic E-state index is 11.1. The number of carboxylic acids is 1. The van der Waals surface area contributed by atoms with Crippen molar-refractivity contribution in [2.75, 3.05) is 13.1 Å².